The number of anilines is 1. The molecule has 1 amide bonds. The lowest BCUT2D eigenvalue weighted by Gasteiger charge is -2.57. The van der Waals surface area contributed by atoms with Crippen molar-refractivity contribution in [3.05, 3.63) is 59.7 Å². The van der Waals surface area contributed by atoms with E-state index in [-0.39, 0.29) is 11.3 Å². The van der Waals surface area contributed by atoms with Gasteiger partial charge in [0.2, 0.25) is 0 Å². The Labute approximate surface area is 199 Å². The lowest BCUT2D eigenvalue weighted by atomic mass is 9.48. The molecular weight excluding hydrogens is 406 g/mol. The number of nitrogens with one attached hydrogen (secondary N) is 1. The van der Waals surface area contributed by atoms with E-state index in [4.69, 9.17) is 4.74 Å². The molecule has 4 bridgehead atoms. The van der Waals surface area contributed by atoms with Crippen molar-refractivity contribution in [2.45, 2.75) is 89.6 Å². The van der Waals surface area contributed by atoms with Gasteiger partial charge in [0.05, 0.1) is 0 Å². The Morgan fingerprint density at radius 1 is 0.939 bits per heavy atom. The first-order valence-electron chi connectivity index (χ1n) is 12.9. The van der Waals surface area contributed by atoms with Crippen molar-refractivity contribution >= 4 is 11.6 Å². The fourth-order valence-electron chi connectivity index (χ4n) is 7.11. The zero-order valence-electron chi connectivity index (χ0n) is 20.7. The Balaban J connectivity index is 1.23. The normalized spacial score (nSPS) is 29.0. The topological polar surface area (TPSA) is 38.3 Å². The van der Waals surface area contributed by atoms with E-state index in [0.717, 1.165) is 29.2 Å². The van der Waals surface area contributed by atoms with E-state index in [1.165, 1.54) is 49.7 Å². The van der Waals surface area contributed by atoms with Crippen molar-refractivity contribution in [3.63, 3.8) is 0 Å². The summed E-state index contributed by atoms with van der Waals surface area (Å²) in [5.74, 6) is 3.48. The Bertz CT molecular complexity index is 948. The van der Waals surface area contributed by atoms with E-state index in [9.17, 15) is 4.79 Å². The third kappa shape index (κ3) is 4.56. The van der Waals surface area contributed by atoms with Crippen LogP contribution in [0, 0.1) is 17.8 Å². The van der Waals surface area contributed by atoms with Gasteiger partial charge >= 0.3 is 0 Å². The molecule has 1 N–H and O–H groups in total. The lowest BCUT2D eigenvalue weighted by molar-refractivity contribution is -0.122. The molecule has 176 valence electrons. The smallest absolute Gasteiger partial charge is 0.265 e. The third-order valence-electron chi connectivity index (χ3n) is 8.46. The largest absolute Gasteiger partial charge is 0.481 e. The first-order valence-corrected chi connectivity index (χ1v) is 12.9. The van der Waals surface area contributed by atoms with Crippen LogP contribution in [-0.2, 0) is 15.6 Å². The van der Waals surface area contributed by atoms with Gasteiger partial charge in [0.1, 0.15) is 5.75 Å². The lowest BCUT2D eigenvalue weighted by Crippen LogP contribution is -2.48. The monoisotopic (exact) mass is 445 g/mol. The predicted octanol–water partition coefficient (Wildman–Crippen LogP) is 7.25. The van der Waals surface area contributed by atoms with Crippen LogP contribution >= 0.6 is 0 Å². The van der Waals surface area contributed by atoms with Crippen LogP contribution in [0.2, 0.25) is 0 Å². The Morgan fingerprint density at radius 2 is 1.48 bits per heavy atom. The molecule has 4 fully saturated rings. The highest BCUT2D eigenvalue weighted by Gasteiger charge is 2.51. The standard InChI is InChI=1S/C30H39NO2/c1-5-27(33-26-12-8-23(9-13-26)29(2,3)4)28(32)31-25-10-6-24(7-11-25)30-17-20-14-21(18-30)16-22(15-20)19-30/h6-13,20-22,27H,5,14-19H2,1-4H3,(H,31,32)/t20?,21?,22?,27-,30?/m0/s1. The number of hydrogen-bond donors (Lipinski definition) is 1. The molecule has 2 aromatic carbocycles. The molecule has 1 atom stereocenters. The molecule has 4 aliphatic rings. The molecular formula is C30H39NO2. The maximum absolute atomic E-state index is 12.9. The quantitative estimate of drug-likeness (QED) is 0.508. The second kappa shape index (κ2) is 8.49. The molecule has 3 heteroatoms. The Morgan fingerprint density at radius 3 is 1.97 bits per heavy atom. The zero-order chi connectivity index (χ0) is 23.2. The number of benzene rings is 2. The molecule has 0 saturated heterocycles. The van der Waals surface area contributed by atoms with Gasteiger partial charge in [-0.3, -0.25) is 4.79 Å². The number of carbonyl (C=O) groups excluding carboxylic acids is 1. The van der Waals surface area contributed by atoms with Gasteiger partial charge in [-0.05, 0) is 109 Å². The molecule has 0 aromatic heterocycles. The van der Waals surface area contributed by atoms with Crippen LogP contribution in [0.15, 0.2) is 48.5 Å². The van der Waals surface area contributed by atoms with Gasteiger partial charge in [-0.2, -0.15) is 0 Å². The summed E-state index contributed by atoms with van der Waals surface area (Å²) in [6.07, 6.45) is 8.60. The van der Waals surface area contributed by atoms with Crippen LogP contribution in [0.4, 0.5) is 5.69 Å². The van der Waals surface area contributed by atoms with Crippen LogP contribution in [-0.4, -0.2) is 12.0 Å². The fraction of sp³-hybridized carbons (Fsp3) is 0.567. The van der Waals surface area contributed by atoms with Crippen LogP contribution in [0.5, 0.6) is 5.75 Å². The summed E-state index contributed by atoms with van der Waals surface area (Å²) in [4.78, 5) is 12.9. The van der Waals surface area contributed by atoms with Gasteiger partial charge in [0.25, 0.3) is 5.91 Å². The molecule has 0 radical (unpaired) electrons. The minimum Gasteiger partial charge on any atom is -0.481 e. The summed E-state index contributed by atoms with van der Waals surface area (Å²) in [5, 5.41) is 3.09. The summed E-state index contributed by atoms with van der Waals surface area (Å²) in [6, 6.07) is 16.8. The van der Waals surface area contributed by atoms with Gasteiger partial charge in [-0.1, -0.05) is 52.0 Å². The average molecular weight is 446 g/mol. The number of hydrogen-bond acceptors (Lipinski definition) is 2. The van der Waals surface area contributed by atoms with Crippen molar-refractivity contribution in [2.75, 3.05) is 5.32 Å². The fourth-order valence-corrected chi connectivity index (χ4v) is 7.11. The summed E-state index contributed by atoms with van der Waals surface area (Å²) < 4.78 is 6.04. The Hall–Kier alpha value is -2.29. The summed E-state index contributed by atoms with van der Waals surface area (Å²) >= 11 is 0. The highest BCUT2D eigenvalue weighted by Crippen LogP contribution is 2.60. The second-order valence-electron chi connectivity index (χ2n) is 12.1. The molecule has 0 unspecified atom stereocenters. The molecule has 0 aliphatic heterocycles. The van der Waals surface area contributed by atoms with E-state index in [2.05, 4.69) is 62.5 Å². The number of ether oxygens (including phenoxy) is 1. The van der Waals surface area contributed by atoms with Crippen LogP contribution in [0.3, 0.4) is 0 Å². The van der Waals surface area contributed by atoms with Gasteiger partial charge in [-0.25, -0.2) is 0 Å². The maximum Gasteiger partial charge on any atom is 0.265 e. The molecule has 33 heavy (non-hydrogen) atoms. The second-order valence-corrected chi connectivity index (χ2v) is 12.1. The molecule has 0 heterocycles. The third-order valence-corrected chi connectivity index (χ3v) is 8.46. The minimum atomic E-state index is -0.506. The summed E-state index contributed by atoms with van der Waals surface area (Å²) in [5.41, 5.74) is 4.10. The molecule has 0 spiro atoms. The first-order chi connectivity index (χ1) is 15.7. The van der Waals surface area contributed by atoms with Crippen LogP contribution < -0.4 is 10.1 Å². The molecule has 2 aromatic rings. The van der Waals surface area contributed by atoms with Crippen molar-refractivity contribution in [2.24, 2.45) is 17.8 Å². The van der Waals surface area contributed by atoms with Crippen molar-refractivity contribution in [1.82, 2.24) is 0 Å². The zero-order valence-corrected chi connectivity index (χ0v) is 20.7. The van der Waals surface area contributed by atoms with Crippen LogP contribution in [0.1, 0.15) is 83.8 Å². The van der Waals surface area contributed by atoms with Crippen molar-refractivity contribution < 1.29 is 9.53 Å². The van der Waals surface area contributed by atoms with E-state index in [1.54, 1.807) is 0 Å². The summed E-state index contributed by atoms with van der Waals surface area (Å²) in [7, 11) is 0. The number of amides is 1. The number of carbonyl (C=O) groups is 1. The first kappa shape index (κ1) is 22.5. The van der Waals surface area contributed by atoms with Gasteiger partial charge in [-0.15, -0.1) is 0 Å². The molecule has 6 rings (SSSR count). The SMILES string of the molecule is CC[C@H](Oc1ccc(C(C)(C)C)cc1)C(=O)Nc1ccc(C23CC4CC(CC(C4)C2)C3)cc1. The van der Waals surface area contributed by atoms with Gasteiger partial charge in [0, 0.05) is 5.69 Å². The minimum absolute atomic E-state index is 0.0834. The van der Waals surface area contributed by atoms with E-state index in [1.807, 2.05) is 19.1 Å². The van der Waals surface area contributed by atoms with E-state index in [0.29, 0.717) is 11.8 Å². The predicted molar refractivity (Wildman–Crippen MR) is 135 cm³/mol. The van der Waals surface area contributed by atoms with E-state index >= 15 is 0 Å². The summed E-state index contributed by atoms with van der Waals surface area (Å²) in [6.45, 7) is 8.57. The van der Waals surface area contributed by atoms with Crippen molar-refractivity contribution in [1.29, 1.82) is 0 Å². The highest BCUT2D eigenvalue weighted by molar-refractivity contribution is 5.94. The molecule has 3 nitrogen and oxygen atoms in total. The van der Waals surface area contributed by atoms with Gasteiger partial charge < -0.3 is 10.1 Å². The molecule has 4 aliphatic carbocycles. The number of rotatable bonds is 6. The average Bonchev–Trinajstić information content (AvgIpc) is 2.76. The molecule has 4 saturated carbocycles. The van der Waals surface area contributed by atoms with Crippen LogP contribution in [0.25, 0.3) is 0 Å². The van der Waals surface area contributed by atoms with Crippen molar-refractivity contribution in [3.8, 4) is 5.75 Å². The van der Waals surface area contributed by atoms with E-state index < -0.39 is 6.10 Å². The van der Waals surface area contributed by atoms with Gasteiger partial charge in [0.15, 0.2) is 6.10 Å². The highest BCUT2D eigenvalue weighted by atomic mass is 16.5. The maximum atomic E-state index is 12.9. The Kier molecular flexibility index (Phi) is 5.79.